The van der Waals surface area contributed by atoms with Crippen LogP contribution in [0.3, 0.4) is 0 Å². The van der Waals surface area contributed by atoms with Crippen LogP contribution < -0.4 is 0 Å². The van der Waals surface area contributed by atoms with E-state index in [1.165, 1.54) is 0 Å². The molecule has 0 saturated carbocycles. The molecule has 1 fully saturated rings. The molecule has 5 heteroatoms. The van der Waals surface area contributed by atoms with Gasteiger partial charge in [0, 0.05) is 45.9 Å². The van der Waals surface area contributed by atoms with Crippen LogP contribution in [0.25, 0.3) is 0 Å². The third-order valence-electron chi connectivity index (χ3n) is 3.52. The van der Waals surface area contributed by atoms with Gasteiger partial charge in [0.25, 0.3) is 0 Å². The van der Waals surface area contributed by atoms with Crippen LogP contribution in [0.15, 0.2) is 0 Å². The molecule has 0 bridgehead atoms. The molecule has 1 unspecified atom stereocenters. The monoisotopic (exact) mass is 261 g/mol. The van der Waals surface area contributed by atoms with Gasteiger partial charge in [-0.15, -0.1) is 0 Å². The maximum absolute atomic E-state index is 9.67. The molecule has 5 nitrogen and oxygen atoms in total. The molecule has 0 aromatic carbocycles. The zero-order chi connectivity index (χ0) is 13.3. The number of hydrogen-bond acceptors (Lipinski definition) is 5. The largest absolute Gasteiger partial charge is 0.396 e. The van der Waals surface area contributed by atoms with E-state index in [1.54, 1.807) is 14.2 Å². The highest BCUT2D eigenvalue weighted by molar-refractivity contribution is 4.84. The van der Waals surface area contributed by atoms with Crippen molar-refractivity contribution < 1.29 is 19.3 Å². The van der Waals surface area contributed by atoms with Crippen LogP contribution >= 0.6 is 0 Å². The summed E-state index contributed by atoms with van der Waals surface area (Å²) in [5, 5.41) is 9.67. The van der Waals surface area contributed by atoms with Crippen LogP contribution in [0, 0.1) is 5.41 Å². The lowest BCUT2D eigenvalue weighted by atomic mass is 9.83. The molecular weight excluding hydrogens is 234 g/mol. The molecule has 1 atom stereocenters. The Balaban J connectivity index is 2.49. The van der Waals surface area contributed by atoms with Gasteiger partial charge in [0.1, 0.15) is 0 Å². The van der Waals surface area contributed by atoms with E-state index < -0.39 is 0 Å². The molecular formula is C13H27NO4. The number of aliphatic hydroxyl groups excluding tert-OH is 1. The Morgan fingerprint density at radius 1 is 1.22 bits per heavy atom. The first kappa shape index (κ1) is 15.9. The van der Waals surface area contributed by atoms with E-state index in [0.29, 0.717) is 19.8 Å². The second-order valence-corrected chi connectivity index (χ2v) is 5.08. The molecule has 1 aliphatic heterocycles. The Morgan fingerprint density at radius 2 is 1.89 bits per heavy atom. The highest BCUT2D eigenvalue weighted by atomic mass is 16.5. The Labute approximate surface area is 110 Å². The smallest absolute Gasteiger partial charge is 0.0589 e. The van der Waals surface area contributed by atoms with Crippen molar-refractivity contribution in [3.8, 4) is 0 Å². The summed E-state index contributed by atoms with van der Waals surface area (Å²) in [7, 11) is 3.42. The first-order valence-corrected chi connectivity index (χ1v) is 6.65. The third kappa shape index (κ3) is 5.20. The van der Waals surface area contributed by atoms with Crippen molar-refractivity contribution >= 4 is 0 Å². The fourth-order valence-electron chi connectivity index (χ4n) is 2.39. The van der Waals surface area contributed by atoms with Crippen LogP contribution in [0.1, 0.15) is 12.8 Å². The summed E-state index contributed by atoms with van der Waals surface area (Å²) in [4.78, 5) is 2.29. The van der Waals surface area contributed by atoms with E-state index in [1.807, 2.05) is 0 Å². The van der Waals surface area contributed by atoms with Crippen molar-refractivity contribution in [3.63, 3.8) is 0 Å². The molecule has 0 amide bonds. The lowest BCUT2D eigenvalue weighted by molar-refractivity contribution is -0.0592. The fourth-order valence-corrected chi connectivity index (χ4v) is 2.39. The average molecular weight is 261 g/mol. The van der Waals surface area contributed by atoms with Gasteiger partial charge in [-0.05, 0) is 12.8 Å². The summed E-state index contributed by atoms with van der Waals surface area (Å²) in [5.41, 5.74) is -0.111. The van der Waals surface area contributed by atoms with Gasteiger partial charge in [-0.3, -0.25) is 4.90 Å². The minimum Gasteiger partial charge on any atom is -0.396 e. The fraction of sp³-hybridized carbons (Fsp3) is 1.00. The molecule has 0 aromatic heterocycles. The van der Waals surface area contributed by atoms with Crippen LogP contribution in [0.4, 0.5) is 0 Å². The molecule has 0 aliphatic carbocycles. The minimum atomic E-state index is -0.111. The van der Waals surface area contributed by atoms with Gasteiger partial charge in [-0.1, -0.05) is 0 Å². The van der Waals surface area contributed by atoms with Gasteiger partial charge in [-0.2, -0.15) is 0 Å². The number of nitrogens with zero attached hydrogens (tertiary/aromatic N) is 1. The number of methoxy groups -OCH3 is 2. The number of ether oxygens (including phenoxy) is 3. The molecule has 1 N–H and O–H groups in total. The lowest BCUT2D eigenvalue weighted by Gasteiger charge is -2.39. The molecule has 0 aromatic rings. The van der Waals surface area contributed by atoms with Crippen LogP contribution in [-0.4, -0.2) is 76.9 Å². The van der Waals surface area contributed by atoms with Gasteiger partial charge in [0.2, 0.25) is 0 Å². The maximum Gasteiger partial charge on any atom is 0.0589 e. The zero-order valence-corrected chi connectivity index (χ0v) is 11.7. The highest BCUT2D eigenvalue weighted by Gasteiger charge is 2.34. The van der Waals surface area contributed by atoms with Crippen LogP contribution in [0.5, 0.6) is 0 Å². The third-order valence-corrected chi connectivity index (χ3v) is 3.52. The molecule has 0 radical (unpaired) electrons. The summed E-state index contributed by atoms with van der Waals surface area (Å²) in [5.74, 6) is 0. The summed E-state index contributed by atoms with van der Waals surface area (Å²) in [6.07, 6.45) is 2.06. The van der Waals surface area contributed by atoms with Crippen molar-refractivity contribution in [2.24, 2.45) is 5.41 Å². The van der Waals surface area contributed by atoms with Crippen LogP contribution in [0.2, 0.25) is 0 Å². The summed E-state index contributed by atoms with van der Waals surface area (Å²) < 4.78 is 15.8. The second kappa shape index (κ2) is 8.82. The quantitative estimate of drug-likeness (QED) is 0.650. The van der Waals surface area contributed by atoms with Gasteiger partial charge < -0.3 is 19.3 Å². The predicted molar refractivity (Wildman–Crippen MR) is 69.8 cm³/mol. The molecule has 108 valence electrons. The summed E-state index contributed by atoms with van der Waals surface area (Å²) >= 11 is 0. The number of rotatable bonds is 9. The van der Waals surface area contributed by atoms with E-state index in [4.69, 9.17) is 14.2 Å². The first-order chi connectivity index (χ1) is 8.76. The Bertz CT molecular complexity index is 199. The highest BCUT2D eigenvalue weighted by Crippen LogP contribution is 2.29. The Kier molecular flexibility index (Phi) is 7.77. The van der Waals surface area contributed by atoms with Crippen molar-refractivity contribution in [2.45, 2.75) is 12.8 Å². The molecule has 1 saturated heterocycles. The van der Waals surface area contributed by atoms with Gasteiger partial charge in [-0.25, -0.2) is 0 Å². The van der Waals surface area contributed by atoms with E-state index in [9.17, 15) is 5.11 Å². The first-order valence-electron chi connectivity index (χ1n) is 6.65. The number of aliphatic hydroxyl groups is 1. The standard InChI is InChI=1S/C13H27NO4/c1-16-8-5-14(6-9-17-2)10-13(11-15)4-3-7-18-12-13/h15H,3-12H2,1-2H3. The van der Waals surface area contributed by atoms with Gasteiger partial charge in [0.15, 0.2) is 0 Å². The Morgan fingerprint density at radius 3 is 2.33 bits per heavy atom. The molecule has 18 heavy (non-hydrogen) atoms. The molecule has 0 spiro atoms. The van der Waals surface area contributed by atoms with E-state index >= 15 is 0 Å². The zero-order valence-electron chi connectivity index (χ0n) is 11.7. The second-order valence-electron chi connectivity index (χ2n) is 5.08. The van der Waals surface area contributed by atoms with Crippen molar-refractivity contribution in [1.29, 1.82) is 0 Å². The topological polar surface area (TPSA) is 51.2 Å². The lowest BCUT2D eigenvalue weighted by Crippen LogP contribution is -2.47. The van der Waals surface area contributed by atoms with Crippen molar-refractivity contribution in [2.75, 3.05) is 66.9 Å². The summed E-state index contributed by atoms with van der Waals surface area (Å²) in [6.45, 7) is 5.62. The number of hydrogen-bond donors (Lipinski definition) is 1. The van der Waals surface area contributed by atoms with E-state index in [-0.39, 0.29) is 12.0 Å². The van der Waals surface area contributed by atoms with Gasteiger partial charge >= 0.3 is 0 Å². The normalized spacial score (nSPS) is 24.7. The molecule has 1 rings (SSSR count). The predicted octanol–water partition coefficient (Wildman–Crippen LogP) is 0.370. The SMILES string of the molecule is COCCN(CCOC)CC1(CO)CCCOC1. The average Bonchev–Trinajstić information content (AvgIpc) is 2.43. The van der Waals surface area contributed by atoms with Crippen molar-refractivity contribution in [1.82, 2.24) is 4.90 Å². The molecule has 1 heterocycles. The molecule has 1 aliphatic rings. The van der Waals surface area contributed by atoms with Crippen molar-refractivity contribution in [3.05, 3.63) is 0 Å². The van der Waals surface area contributed by atoms with E-state index in [0.717, 1.165) is 39.1 Å². The summed E-state index contributed by atoms with van der Waals surface area (Å²) in [6, 6.07) is 0. The van der Waals surface area contributed by atoms with Gasteiger partial charge in [0.05, 0.1) is 26.4 Å². The Hall–Kier alpha value is -0.200. The minimum absolute atomic E-state index is 0.111. The maximum atomic E-state index is 9.67. The van der Waals surface area contributed by atoms with E-state index in [2.05, 4.69) is 4.90 Å². The van der Waals surface area contributed by atoms with Crippen LogP contribution in [-0.2, 0) is 14.2 Å².